The molecule has 3 rings (SSSR count). The van der Waals surface area contributed by atoms with Crippen molar-refractivity contribution in [2.24, 2.45) is 0 Å². The highest BCUT2D eigenvalue weighted by atomic mass is 32.2. The lowest BCUT2D eigenvalue weighted by molar-refractivity contribution is -0.124. The number of anilines is 2. The van der Waals surface area contributed by atoms with E-state index in [0.29, 0.717) is 5.69 Å². The van der Waals surface area contributed by atoms with Crippen LogP contribution in [0.3, 0.4) is 0 Å². The Hall–Kier alpha value is -3.79. The number of carbonyl (C=O) groups excluding carboxylic acids is 2. The molecule has 178 valence electrons. The van der Waals surface area contributed by atoms with Crippen molar-refractivity contribution in [1.82, 2.24) is 0 Å². The monoisotopic (exact) mass is 488 g/mol. The number of nitrogens with one attached hydrogen (secondary N) is 2. The lowest BCUT2D eigenvalue weighted by Crippen LogP contribution is -2.32. The normalized spacial score (nSPS) is 12.0. The number of esters is 1. The molecule has 0 aliphatic rings. The van der Waals surface area contributed by atoms with Gasteiger partial charge in [-0.05, 0) is 73.5 Å². The summed E-state index contributed by atoms with van der Waals surface area (Å²) in [6.45, 7) is 3.06. The molecule has 0 saturated carbocycles. The predicted molar refractivity (Wildman–Crippen MR) is 123 cm³/mol. The Morgan fingerprint density at radius 2 is 1.68 bits per heavy atom. The molecule has 3 aromatic rings. The maximum Gasteiger partial charge on any atom is 0.341 e. The molecule has 7 nitrogen and oxygen atoms in total. The van der Waals surface area contributed by atoms with Crippen molar-refractivity contribution in [3.8, 4) is 0 Å². The maximum absolute atomic E-state index is 13.5. The van der Waals surface area contributed by atoms with Crippen LogP contribution < -0.4 is 10.0 Å². The minimum atomic E-state index is -4.14. The van der Waals surface area contributed by atoms with E-state index >= 15 is 0 Å². The number of carbonyl (C=O) groups is 2. The van der Waals surface area contributed by atoms with E-state index in [1.165, 1.54) is 61.5 Å². The molecule has 0 aliphatic carbocycles. The molecule has 1 atom stereocenters. The molecule has 0 saturated heterocycles. The van der Waals surface area contributed by atoms with E-state index in [1.807, 2.05) is 0 Å². The Morgan fingerprint density at radius 1 is 1.00 bits per heavy atom. The van der Waals surface area contributed by atoms with Gasteiger partial charge < -0.3 is 10.1 Å². The predicted octanol–water partition coefficient (Wildman–Crippen LogP) is 4.65. The topological polar surface area (TPSA) is 102 Å². The molecule has 10 heteroatoms. The Labute approximate surface area is 195 Å². The smallest absolute Gasteiger partial charge is 0.341 e. The number of sulfonamides is 1. The van der Waals surface area contributed by atoms with Crippen molar-refractivity contribution in [3.63, 3.8) is 0 Å². The van der Waals surface area contributed by atoms with E-state index in [2.05, 4.69) is 10.0 Å². The van der Waals surface area contributed by atoms with Gasteiger partial charge >= 0.3 is 5.97 Å². The van der Waals surface area contributed by atoms with E-state index in [0.717, 1.165) is 12.1 Å². The number of aryl methyl sites for hydroxylation is 1. The fourth-order valence-electron chi connectivity index (χ4n) is 3.01. The van der Waals surface area contributed by atoms with Crippen LogP contribution in [0.2, 0.25) is 0 Å². The van der Waals surface area contributed by atoms with Gasteiger partial charge in [-0.2, -0.15) is 0 Å². The number of halogens is 2. The number of ether oxygens (including phenoxy) is 1. The molecular weight excluding hydrogens is 466 g/mol. The van der Waals surface area contributed by atoms with Crippen LogP contribution in [-0.2, 0) is 19.6 Å². The highest BCUT2D eigenvalue weighted by molar-refractivity contribution is 7.92. The van der Waals surface area contributed by atoms with Crippen LogP contribution in [0.25, 0.3) is 0 Å². The second-order valence-electron chi connectivity index (χ2n) is 7.36. The average molecular weight is 489 g/mol. The average Bonchev–Trinajstić information content (AvgIpc) is 2.80. The minimum Gasteiger partial charge on any atom is -0.449 e. The summed E-state index contributed by atoms with van der Waals surface area (Å²) >= 11 is 0. The number of hydrogen-bond acceptors (Lipinski definition) is 5. The van der Waals surface area contributed by atoms with Gasteiger partial charge in [-0.25, -0.2) is 22.0 Å². The van der Waals surface area contributed by atoms with Gasteiger partial charge in [-0.3, -0.25) is 9.52 Å². The Kier molecular flexibility index (Phi) is 7.62. The summed E-state index contributed by atoms with van der Waals surface area (Å²) in [5, 5.41) is 2.54. The fourth-order valence-corrected chi connectivity index (χ4v) is 4.17. The van der Waals surface area contributed by atoms with Crippen LogP contribution in [-0.4, -0.2) is 26.4 Å². The van der Waals surface area contributed by atoms with Gasteiger partial charge in [0.15, 0.2) is 6.10 Å². The SMILES string of the molecule is CCC(OC(=O)c1ccccc1NS(=O)(=O)c1ccc(F)c(C)c1)C(=O)Nc1ccc(F)cc1. The van der Waals surface area contributed by atoms with E-state index in [4.69, 9.17) is 4.74 Å². The number of hydrogen-bond donors (Lipinski definition) is 2. The highest BCUT2D eigenvalue weighted by Gasteiger charge is 2.25. The minimum absolute atomic E-state index is 0.0664. The van der Waals surface area contributed by atoms with Crippen molar-refractivity contribution in [3.05, 3.63) is 89.5 Å². The summed E-state index contributed by atoms with van der Waals surface area (Å²) in [4.78, 5) is 25.2. The number of amides is 1. The summed E-state index contributed by atoms with van der Waals surface area (Å²) in [7, 11) is -4.14. The molecule has 34 heavy (non-hydrogen) atoms. The third kappa shape index (κ3) is 5.96. The van der Waals surface area contributed by atoms with Crippen LogP contribution in [0.15, 0.2) is 71.6 Å². The molecule has 0 aliphatic heterocycles. The quantitative estimate of drug-likeness (QED) is 0.450. The summed E-state index contributed by atoms with van der Waals surface area (Å²) < 4.78 is 59.8. The van der Waals surface area contributed by atoms with Gasteiger partial charge in [-0.1, -0.05) is 19.1 Å². The number of para-hydroxylation sites is 1. The van der Waals surface area contributed by atoms with Crippen LogP contribution in [0, 0.1) is 18.6 Å². The Morgan fingerprint density at radius 3 is 2.32 bits per heavy atom. The number of rotatable bonds is 8. The first-order chi connectivity index (χ1) is 16.1. The Bertz CT molecular complexity index is 1310. The molecular formula is C24H22F2N2O5S. The summed E-state index contributed by atoms with van der Waals surface area (Å²) in [6, 6.07) is 14.1. The molecule has 3 aromatic carbocycles. The molecule has 0 aromatic heterocycles. The summed E-state index contributed by atoms with van der Waals surface area (Å²) in [6.07, 6.45) is -1.04. The van der Waals surface area contributed by atoms with Crippen molar-refractivity contribution < 1.29 is 31.5 Å². The fraction of sp³-hybridized carbons (Fsp3) is 0.167. The molecule has 0 spiro atoms. The highest BCUT2D eigenvalue weighted by Crippen LogP contribution is 2.23. The third-order valence-corrected chi connectivity index (χ3v) is 6.22. The summed E-state index contributed by atoms with van der Waals surface area (Å²) in [5.74, 6) is -2.56. The van der Waals surface area contributed by atoms with Gasteiger partial charge in [0, 0.05) is 5.69 Å². The molecule has 0 fully saturated rings. The molecule has 0 heterocycles. The zero-order chi connectivity index (χ0) is 24.9. The van der Waals surface area contributed by atoms with Gasteiger partial charge in [0.05, 0.1) is 16.1 Å². The second kappa shape index (κ2) is 10.4. The Balaban J connectivity index is 1.78. The van der Waals surface area contributed by atoms with Crippen LogP contribution in [0.4, 0.5) is 20.2 Å². The van der Waals surface area contributed by atoms with Crippen LogP contribution in [0.1, 0.15) is 29.3 Å². The molecule has 1 amide bonds. The molecule has 2 N–H and O–H groups in total. The molecule has 1 unspecified atom stereocenters. The second-order valence-corrected chi connectivity index (χ2v) is 9.04. The van der Waals surface area contributed by atoms with Crippen molar-refractivity contribution >= 4 is 33.3 Å². The van der Waals surface area contributed by atoms with Gasteiger partial charge in [0.25, 0.3) is 15.9 Å². The third-order valence-electron chi connectivity index (χ3n) is 4.86. The van der Waals surface area contributed by atoms with E-state index in [9.17, 15) is 26.8 Å². The van der Waals surface area contributed by atoms with E-state index in [1.54, 1.807) is 6.92 Å². The van der Waals surface area contributed by atoms with Crippen molar-refractivity contribution in [2.45, 2.75) is 31.3 Å². The van der Waals surface area contributed by atoms with E-state index in [-0.39, 0.29) is 28.1 Å². The van der Waals surface area contributed by atoms with Crippen molar-refractivity contribution in [2.75, 3.05) is 10.0 Å². The first kappa shape index (κ1) is 24.8. The van der Waals surface area contributed by atoms with Gasteiger partial charge in [-0.15, -0.1) is 0 Å². The molecule has 0 bridgehead atoms. The lowest BCUT2D eigenvalue weighted by atomic mass is 10.2. The lowest BCUT2D eigenvalue weighted by Gasteiger charge is -2.18. The van der Waals surface area contributed by atoms with E-state index < -0.39 is 39.6 Å². The number of benzene rings is 3. The first-order valence-electron chi connectivity index (χ1n) is 10.3. The first-order valence-corrected chi connectivity index (χ1v) is 11.7. The molecule has 0 radical (unpaired) electrons. The van der Waals surface area contributed by atoms with Gasteiger partial charge in [0.2, 0.25) is 0 Å². The van der Waals surface area contributed by atoms with Gasteiger partial charge in [0.1, 0.15) is 11.6 Å². The van der Waals surface area contributed by atoms with Crippen molar-refractivity contribution in [1.29, 1.82) is 0 Å². The standard InChI is InChI=1S/C24H22F2N2O5S/c1-3-22(23(29)27-17-10-8-16(25)9-11-17)33-24(30)19-6-4-5-7-21(19)28-34(31,32)18-12-13-20(26)15(2)14-18/h4-14,22,28H,3H2,1-2H3,(H,27,29). The zero-order valence-corrected chi connectivity index (χ0v) is 19.2. The summed E-state index contributed by atoms with van der Waals surface area (Å²) in [5.41, 5.74) is 0.290. The zero-order valence-electron chi connectivity index (χ0n) is 18.3. The maximum atomic E-state index is 13.5. The van der Waals surface area contributed by atoms with Crippen LogP contribution in [0.5, 0.6) is 0 Å². The largest absolute Gasteiger partial charge is 0.449 e. The van der Waals surface area contributed by atoms with Crippen LogP contribution >= 0.6 is 0 Å².